The van der Waals surface area contributed by atoms with Crippen LogP contribution < -0.4 is 0 Å². The van der Waals surface area contributed by atoms with E-state index in [-0.39, 0.29) is 11.9 Å². The number of methoxy groups -OCH3 is 1. The molecule has 1 aliphatic rings. The van der Waals surface area contributed by atoms with Crippen LogP contribution in [0, 0.1) is 5.92 Å². The first kappa shape index (κ1) is 11.3. The third-order valence-electron chi connectivity index (χ3n) is 2.60. The summed E-state index contributed by atoms with van der Waals surface area (Å²) in [7, 11) is 1.63. The van der Waals surface area contributed by atoms with Crippen molar-refractivity contribution in [2.45, 2.75) is 25.4 Å². The van der Waals surface area contributed by atoms with Gasteiger partial charge in [-0.15, -0.1) is 11.3 Å². The van der Waals surface area contributed by atoms with Crippen molar-refractivity contribution < 1.29 is 9.53 Å². The molecule has 0 N–H and O–H groups in total. The van der Waals surface area contributed by atoms with E-state index < -0.39 is 0 Å². The van der Waals surface area contributed by atoms with Crippen molar-refractivity contribution in [3.8, 4) is 0 Å². The fourth-order valence-corrected chi connectivity index (χ4v) is 3.20. The second-order valence-electron chi connectivity index (χ2n) is 3.84. The van der Waals surface area contributed by atoms with Gasteiger partial charge in [0, 0.05) is 18.4 Å². The van der Waals surface area contributed by atoms with E-state index in [4.69, 9.17) is 4.74 Å². The van der Waals surface area contributed by atoms with Crippen LogP contribution in [-0.2, 0) is 16.0 Å². The molecule has 0 saturated heterocycles. The van der Waals surface area contributed by atoms with E-state index in [1.54, 1.807) is 18.4 Å². The van der Waals surface area contributed by atoms with Crippen LogP contribution in [0.5, 0.6) is 0 Å². The Morgan fingerprint density at radius 3 is 2.87 bits per heavy atom. The summed E-state index contributed by atoms with van der Waals surface area (Å²) in [6.45, 7) is 0. The minimum Gasteiger partial charge on any atom is -0.373 e. The lowest BCUT2D eigenvalue weighted by atomic mass is 10.1. The molecule has 0 amide bonds. The van der Waals surface area contributed by atoms with Gasteiger partial charge in [0.25, 0.3) is 0 Å². The fraction of sp³-hybridized carbons (Fsp3) is 0.545. The highest BCUT2D eigenvalue weighted by atomic mass is 79.9. The lowest BCUT2D eigenvalue weighted by Crippen LogP contribution is -2.26. The maximum Gasteiger partial charge on any atom is 0.166 e. The third kappa shape index (κ3) is 2.89. The SMILES string of the molecule is COC(C(=O)Cc1ccc(Br)s1)C1CC1. The molecule has 2 nitrogen and oxygen atoms in total. The van der Waals surface area contributed by atoms with E-state index in [1.165, 1.54) is 0 Å². The summed E-state index contributed by atoms with van der Waals surface area (Å²) in [6.07, 6.45) is 2.60. The van der Waals surface area contributed by atoms with E-state index in [0.717, 1.165) is 21.5 Å². The van der Waals surface area contributed by atoms with Gasteiger partial charge in [0.2, 0.25) is 0 Å². The number of rotatable bonds is 5. The lowest BCUT2D eigenvalue weighted by Gasteiger charge is -2.11. The first-order chi connectivity index (χ1) is 7.20. The van der Waals surface area contributed by atoms with Crippen LogP contribution in [-0.4, -0.2) is 19.0 Å². The molecule has 0 spiro atoms. The predicted octanol–water partition coefficient (Wildman–Crippen LogP) is 3.05. The van der Waals surface area contributed by atoms with Crippen LogP contribution in [0.1, 0.15) is 17.7 Å². The van der Waals surface area contributed by atoms with Crippen molar-refractivity contribution in [1.82, 2.24) is 0 Å². The van der Waals surface area contributed by atoms with E-state index in [1.807, 2.05) is 12.1 Å². The van der Waals surface area contributed by atoms with Crippen LogP contribution in [0.4, 0.5) is 0 Å². The van der Waals surface area contributed by atoms with E-state index in [9.17, 15) is 4.79 Å². The molecule has 1 aromatic heterocycles. The number of carbonyl (C=O) groups excluding carboxylic acids is 1. The molecule has 1 unspecified atom stereocenters. The Bertz CT molecular complexity index is 357. The standard InChI is InChI=1S/C11H13BrO2S/c1-14-11(7-2-3-7)9(13)6-8-4-5-10(12)15-8/h4-5,7,11H,2-3,6H2,1H3. The third-order valence-corrected chi connectivity index (χ3v) is 4.22. The average molecular weight is 289 g/mol. The van der Waals surface area contributed by atoms with Gasteiger partial charge in [-0.3, -0.25) is 4.79 Å². The number of Topliss-reactive ketones (excluding diaryl/α,β-unsaturated/α-hetero) is 1. The quantitative estimate of drug-likeness (QED) is 0.832. The van der Waals surface area contributed by atoms with E-state index in [0.29, 0.717) is 12.3 Å². The minimum absolute atomic E-state index is 0.175. The van der Waals surface area contributed by atoms with Gasteiger partial charge in [0.05, 0.1) is 3.79 Å². The largest absolute Gasteiger partial charge is 0.373 e. The van der Waals surface area contributed by atoms with Crippen molar-refractivity contribution in [1.29, 1.82) is 0 Å². The van der Waals surface area contributed by atoms with Crippen molar-refractivity contribution >= 4 is 33.0 Å². The van der Waals surface area contributed by atoms with Crippen molar-refractivity contribution in [2.24, 2.45) is 5.92 Å². The molecule has 1 aliphatic carbocycles. The molecule has 4 heteroatoms. The normalized spacial score (nSPS) is 17.7. The number of carbonyl (C=O) groups is 1. The minimum atomic E-state index is -0.175. The summed E-state index contributed by atoms with van der Waals surface area (Å²) in [6, 6.07) is 3.97. The molecule has 2 rings (SSSR count). The van der Waals surface area contributed by atoms with Crippen LogP contribution in [0.3, 0.4) is 0 Å². The Balaban J connectivity index is 1.95. The second kappa shape index (κ2) is 4.76. The summed E-state index contributed by atoms with van der Waals surface area (Å²) < 4.78 is 6.33. The maximum atomic E-state index is 11.9. The summed E-state index contributed by atoms with van der Waals surface area (Å²) >= 11 is 5.01. The highest BCUT2D eigenvalue weighted by Crippen LogP contribution is 2.35. The fourth-order valence-electron chi connectivity index (χ4n) is 1.70. The second-order valence-corrected chi connectivity index (χ2v) is 6.39. The number of thiophene rings is 1. The Morgan fingerprint density at radius 2 is 2.40 bits per heavy atom. The maximum absolute atomic E-state index is 11.9. The highest BCUT2D eigenvalue weighted by molar-refractivity contribution is 9.11. The molecule has 1 saturated carbocycles. The van der Waals surface area contributed by atoms with Gasteiger partial charge >= 0.3 is 0 Å². The topological polar surface area (TPSA) is 26.3 Å². The van der Waals surface area contributed by atoms with Gasteiger partial charge in [-0.2, -0.15) is 0 Å². The van der Waals surface area contributed by atoms with Crippen molar-refractivity contribution in [3.05, 3.63) is 20.8 Å². The number of halogens is 1. The van der Waals surface area contributed by atoms with Gasteiger partial charge in [-0.1, -0.05) is 0 Å². The van der Waals surface area contributed by atoms with Crippen LogP contribution >= 0.6 is 27.3 Å². The predicted molar refractivity (Wildman–Crippen MR) is 64.3 cm³/mol. The Labute approximate surface area is 102 Å². The van der Waals surface area contributed by atoms with Crippen molar-refractivity contribution in [2.75, 3.05) is 7.11 Å². The lowest BCUT2D eigenvalue weighted by molar-refractivity contribution is -0.129. The molecule has 82 valence electrons. The van der Waals surface area contributed by atoms with E-state index in [2.05, 4.69) is 15.9 Å². The summed E-state index contributed by atoms with van der Waals surface area (Å²) in [4.78, 5) is 13.0. The molecule has 1 aromatic rings. The summed E-state index contributed by atoms with van der Waals surface area (Å²) in [5.74, 6) is 0.695. The number of ketones is 1. The van der Waals surface area contributed by atoms with Crippen molar-refractivity contribution in [3.63, 3.8) is 0 Å². The van der Waals surface area contributed by atoms with Crippen LogP contribution in [0.15, 0.2) is 15.9 Å². The van der Waals surface area contributed by atoms with Crippen LogP contribution in [0.25, 0.3) is 0 Å². The molecule has 0 bridgehead atoms. The summed E-state index contributed by atoms with van der Waals surface area (Å²) in [5, 5.41) is 0. The Morgan fingerprint density at radius 1 is 1.67 bits per heavy atom. The zero-order chi connectivity index (χ0) is 10.8. The zero-order valence-electron chi connectivity index (χ0n) is 8.53. The van der Waals surface area contributed by atoms with Gasteiger partial charge in [0.1, 0.15) is 6.10 Å². The van der Waals surface area contributed by atoms with Crippen LogP contribution in [0.2, 0.25) is 0 Å². The van der Waals surface area contributed by atoms with E-state index >= 15 is 0 Å². The molecule has 0 aliphatic heterocycles. The molecule has 0 radical (unpaired) electrons. The highest BCUT2D eigenvalue weighted by Gasteiger charge is 2.35. The molecule has 1 atom stereocenters. The summed E-state index contributed by atoms with van der Waals surface area (Å²) in [5.41, 5.74) is 0. The monoisotopic (exact) mass is 288 g/mol. The number of hydrogen-bond donors (Lipinski definition) is 0. The molecular formula is C11H13BrO2S. The van der Waals surface area contributed by atoms with Gasteiger partial charge in [-0.25, -0.2) is 0 Å². The average Bonchev–Trinajstić information content (AvgIpc) is 2.93. The smallest absolute Gasteiger partial charge is 0.166 e. The molecule has 0 aromatic carbocycles. The van der Waals surface area contributed by atoms with Gasteiger partial charge in [-0.05, 0) is 46.8 Å². The number of hydrogen-bond acceptors (Lipinski definition) is 3. The molecule has 1 fully saturated rings. The Kier molecular flexibility index (Phi) is 3.59. The molecule has 1 heterocycles. The van der Waals surface area contributed by atoms with Gasteiger partial charge in [0.15, 0.2) is 5.78 Å². The molecule has 15 heavy (non-hydrogen) atoms. The molecular weight excluding hydrogens is 276 g/mol. The first-order valence-electron chi connectivity index (χ1n) is 5.00. The first-order valence-corrected chi connectivity index (χ1v) is 6.61. The van der Waals surface area contributed by atoms with Gasteiger partial charge < -0.3 is 4.74 Å². The zero-order valence-corrected chi connectivity index (χ0v) is 10.9. The number of ether oxygens (including phenoxy) is 1. The Hall–Kier alpha value is -0.190.